The minimum absolute atomic E-state index is 0.294. The lowest BCUT2D eigenvalue weighted by Crippen LogP contribution is -2.34. The third-order valence-electron chi connectivity index (χ3n) is 4.61. The Morgan fingerprint density at radius 1 is 1.19 bits per heavy atom. The molecule has 2 aromatic carbocycles. The molecule has 3 aromatic rings. The van der Waals surface area contributed by atoms with Gasteiger partial charge in [0.1, 0.15) is 0 Å². The Bertz CT molecular complexity index is 1130. The number of aromatic nitrogens is 2. The fourth-order valence-electron chi connectivity index (χ4n) is 3.41. The lowest BCUT2D eigenvalue weighted by atomic mass is 10.0. The highest BCUT2D eigenvalue weighted by Crippen LogP contribution is 2.30. The van der Waals surface area contributed by atoms with Crippen LogP contribution >= 0.6 is 0 Å². The van der Waals surface area contributed by atoms with E-state index in [2.05, 4.69) is 5.10 Å². The summed E-state index contributed by atoms with van der Waals surface area (Å²) < 4.78 is 26.6. The molecule has 2 heterocycles. The molecule has 7 nitrogen and oxygen atoms in total. The Balaban J connectivity index is 1.78. The number of benzene rings is 2. The van der Waals surface area contributed by atoms with E-state index in [1.54, 1.807) is 24.3 Å². The summed E-state index contributed by atoms with van der Waals surface area (Å²) in [5.74, 6) is 0.00680. The molecule has 0 radical (unpaired) electrons. The number of sulfonamides is 1. The number of nitrogen functional groups attached to an aromatic ring is 1. The Labute approximate surface area is 151 Å². The average Bonchev–Trinajstić information content (AvgIpc) is 2.96. The third kappa shape index (κ3) is 2.62. The van der Waals surface area contributed by atoms with Crippen LogP contribution < -0.4 is 10.0 Å². The zero-order chi connectivity index (χ0) is 18.5. The van der Waals surface area contributed by atoms with E-state index in [1.807, 2.05) is 18.2 Å². The zero-order valence-electron chi connectivity index (χ0n) is 14.2. The number of carbonyl (C=O) groups is 1. The maximum absolute atomic E-state index is 13.0. The Morgan fingerprint density at radius 2 is 1.96 bits per heavy atom. The number of carbonyl (C=O) groups excluding carboxylic acids is 1. The van der Waals surface area contributed by atoms with Crippen molar-refractivity contribution in [3.8, 4) is 0 Å². The molecule has 0 saturated heterocycles. The molecule has 0 bridgehead atoms. The van der Waals surface area contributed by atoms with E-state index >= 15 is 0 Å². The van der Waals surface area contributed by atoms with Gasteiger partial charge in [-0.3, -0.25) is 9.10 Å². The second-order valence-corrected chi connectivity index (χ2v) is 8.31. The van der Waals surface area contributed by atoms with E-state index in [1.165, 1.54) is 15.2 Å². The van der Waals surface area contributed by atoms with Crippen molar-refractivity contribution in [1.29, 1.82) is 0 Å². The number of fused-ring (bicyclic) bond motifs is 2. The minimum Gasteiger partial charge on any atom is -0.382 e. The first-order chi connectivity index (χ1) is 12.4. The first-order valence-corrected chi connectivity index (χ1v) is 10.1. The highest BCUT2D eigenvalue weighted by atomic mass is 32.2. The van der Waals surface area contributed by atoms with Crippen molar-refractivity contribution in [1.82, 2.24) is 9.78 Å². The molecule has 0 spiro atoms. The molecule has 26 heavy (non-hydrogen) atoms. The normalized spacial score (nSPS) is 14.4. The minimum atomic E-state index is -3.34. The van der Waals surface area contributed by atoms with Crippen LogP contribution in [0.3, 0.4) is 0 Å². The summed E-state index contributed by atoms with van der Waals surface area (Å²) in [7, 11) is -3.34. The molecule has 1 aliphatic rings. The van der Waals surface area contributed by atoms with Gasteiger partial charge in [-0.15, -0.1) is 5.10 Å². The lowest BCUT2D eigenvalue weighted by molar-refractivity contribution is 0.0950. The SMILES string of the molecule is CS(=O)(=O)N1CCCc2cc(C(=O)n3nc(N)c4ccccc43)ccc21. The second kappa shape index (κ2) is 5.84. The van der Waals surface area contributed by atoms with Crippen molar-refractivity contribution in [2.24, 2.45) is 0 Å². The van der Waals surface area contributed by atoms with Gasteiger partial charge in [0.25, 0.3) is 5.91 Å². The zero-order valence-corrected chi connectivity index (χ0v) is 15.0. The van der Waals surface area contributed by atoms with Gasteiger partial charge in [-0.05, 0) is 48.7 Å². The van der Waals surface area contributed by atoms with Crippen LogP contribution in [0.25, 0.3) is 10.9 Å². The molecule has 8 heteroatoms. The Morgan fingerprint density at radius 3 is 2.73 bits per heavy atom. The van der Waals surface area contributed by atoms with Crippen LogP contribution in [0.15, 0.2) is 42.5 Å². The van der Waals surface area contributed by atoms with E-state index < -0.39 is 10.0 Å². The van der Waals surface area contributed by atoms with Crippen molar-refractivity contribution < 1.29 is 13.2 Å². The van der Waals surface area contributed by atoms with E-state index in [4.69, 9.17) is 5.73 Å². The van der Waals surface area contributed by atoms with Crippen LogP contribution in [0.2, 0.25) is 0 Å². The molecule has 1 aliphatic heterocycles. The van der Waals surface area contributed by atoms with Crippen molar-refractivity contribution in [2.75, 3.05) is 22.8 Å². The predicted octanol–water partition coefficient (Wildman–Crippen LogP) is 2.02. The van der Waals surface area contributed by atoms with Gasteiger partial charge < -0.3 is 5.73 Å². The molecule has 4 rings (SSSR count). The summed E-state index contributed by atoms with van der Waals surface area (Å²) in [6.07, 6.45) is 2.64. The summed E-state index contributed by atoms with van der Waals surface area (Å²) in [4.78, 5) is 13.0. The van der Waals surface area contributed by atoms with Crippen molar-refractivity contribution in [3.05, 3.63) is 53.6 Å². The van der Waals surface area contributed by atoms with Gasteiger partial charge in [0, 0.05) is 17.5 Å². The Kier molecular flexibility index (Phi) is 3.73. The molecule has 0 fully saturated rings. The van der Waals surface area contributed by atoms with Crippen LogP contribution in [0.4, 0.5) is 11.5 Å². The maximum atomic E-state index is 13.0. The molecule has 1 aromatic heterocycles. The number of rotatable bonds is 2. The van der Waals surface area contributed by atoms with Crippen LogP contribution in [0.5, 0.6) is 0 Å². The molecule has 0 atom stereocenters. The quantitative estimate of drug-likeness (QED) is 0.744. The van der Waals surface area contributed by atoms with Crippen molar-refractivity contribution in [3.63, 3.8) is 0 Å². The topological polar surface area (TPSA) is 98.3 Å². The largest absolute Gasteiger partial charge is 0.382 e. The van der Waals surface area contributed by atoms with Gasteiger partial charge in [0.2, 0.25) is 10.0 Å². The molecule has 0 aliphatic carbocycles. The molecule has 134 valence electrons. The number of aryl methyl sites for hydroxylation is 1. The first-order valence-electron chi connectivity index (χ1n) is 8.25. The van der Waals surface area contributed by atoms with Gasteiger partial charge in [0.05, 0.1) is 17.5 Å². The van der Waals surface area contributed by atoms with Crippen LogP contribution in [0.1, 0.15) is 22.3 Å². The molecule has 2 N–H and O–H groups in total. The number of nitrogens with two attached hydrogens (primary N) is 1. The molecular formula is C18H18N4O3S. The number of hydrogen-bond acceptors (Lipinski definition) is 5. The van der Waals surface area contributed by atoms with Crippen LogP contribution in [-0.4, -0.2) is 36.9 Å². The fraction of sp³-hybridized carbons (Fsp3) is 0.222. The smallest absolute Gasteiger partial charge is 0.278 e. The van der Waals surface area contributed by atoms with Gasteiger partial charge in [-0.25, -0.2) is 8.42 Å². The maximum Gasteiger partial charge on any atom is 0.278 e. The fourth-order valence-corrected chi connectivity index (χ4v) is 4.40. The molecular weight excluding hydrogens is 352 g/mol. The van der Waals surface area contributed by atoms with E-state index in [-0.39, 0.29) is 5.91 Å². The van der Waals surface area contributed by atoms with Gasteiger partial charge in [-0.1, -0.05) is 12.1 Å². The van der Waals surface area contributed by atoms with Crippen molar-refractivity contribution >= 4 is 38.3 Å². The van der Waals surface area contributed by atoms with Crippen LogP contribution in [0, 0.1) is 0 Å². The average molecular weight is 370 g/mol. The predicted molar refractivity (Wildman–Crippen MR) is 101 cm³/mol. The standard InChI is InChI=1S/C18H18N4O3S/c1-26(24,25)21-10-4-5-12-11-13(8-9-15(12)21)18(23)22-16-7-3-2-6-14(16)17(19)20-22/h2-3,6-9,11H,4-5,10H2,1H3,(H2,19,20). The summed E-state index contributed by atoms with van der Waals surface area (Å²) in [5, 5.41) is 4.90. The van der Waals surface area contributed by atoms with Gasteiger partial charge >= 0.3 is 0 Å². The monoisotopic (exact) mass is 370 g/mol. The van der Waals surface area contributed by atoms with E-state index in [9.17, 15) is 13.2 Å². The molecule has 0 saturated carbocycles. The van der Waals surface area contributed by atoms with Gasteiger partial charge in [-0.2, -0.15) is 4.68 Å². The Hall–Kier alpha value is -2.87. The first kappa shape index (κ1) is 16.6. The van der Waals surface area contributed by atoms with E-state index in [0.29, 0.717) is 29.1 Å². The number of anilines is 2. The number of hydrogen-bond donors (Lipinski definition) is 1. The van der Waals surface area contributed by atoms with E-state index in [0.717, 1.165) is 23.8 Å². The van der Waals surface area contributed by atoms with Crippen molar-refractivity contribution in [2.45, 2.75) is 12.8 Å². The lowest BCUT2D eigenvalue weighted by Gasteiger charge is -2.29. The highest BCUT2D eigenvalue weighted by Gasteiger charge is 2.25. The van der Waals surface area contributed by atoms with Crippen LogP contribution in [-0.2, 0) is 16.4 Å². The third-order valence-corrected chi connectivity index (χ3v) is 5.79. The summed E-state index contributed by atoms with van der Waals surface area (Å²) in [5.41, 5.74) is 8.49. The molecule has 0 amide bonds. The second-order valence-electron chi connectivity index (χ2n) is 6.40. The molecule has 0 unspecified atom stereocenters. The number of nitrogens with zero attached hydrogens (tertiary/aromatic N) is 3. The summed E-state index contributed by atoms with van der Waals surface area (Å²) in [6.45, 7) is 0.458. The highest BCUT2D eigenvalue weighted by molar-refractivity contribution is 7.92. The number of para-hydroxylation sites is 1. The summed E-state index contributed by atoms with van der Waals surface area (Å²) >= 11 is 0. The summed E-state index contributed by atoms with van der Waals surface area (Å²) in [6, 6.07) is 12.4. The van der Waals surface area contributed by atoms with Gasteiger partial charge in [0.15, 0.2) is 5.82 Å².